The van der Waals surface area contributed by atoms with E-state index in [1.807, 2.05) is 0 Å². The SMILES string of the molecule is CCCC(C)C(CCCc1ccccc1)NC. The summed E-state index contributed by atoms with van der Waals surface area (Å²) < 4.78 is 0. The van der Waals surface area contributed by atoms with Crippen molar-refractivity contribution in [3.8, 4) is 0 Å². The first-order valence-corrected chi connectivity index (χ1v) is 6.99. The van der Waals surface area contributed by atoms with E-state index in [1.54, 1.807) is 0 Å². The Kier molecular flexibility index (Phi) is 6.95. The minimum Gasteiger partial charge on any atom is -0.317 e. The molecule has 1 rings (SSSR count). The Morgan fingerprint density at radius 1 is 1.12 bits per heavy atom. The standard InChI is InChI=1S/C16H27N/c1-4-9-14(2)16(17-3)13-8-12-15-10-6-5-7-11-15/h5-7,10-11,14,16-17H,4,8-9,12-13H2,1-3H3. The summed E-state index contributed by atoms with van der Waals surface area (Å²) in [6.07, 6.45) is 6.39. The quantitative estimate of drug-likeness (QED) is 0.714. The van der Waals surface area contributed by atoms with Crippen LogP contribution in [-0.2, 0) is 6.42 Å². The number of hydrogen-bond donors (Lipinski definition) is 1. The molecule has 2 unspecified atom stereocenters. The molecule has 0 fully saturated rings. The molecule has 0 bridgehead atoms. The van der Waals surface area contributed by atoms with Gasteiger partial charge in [0.1, 0.15) is 0 Å². The number of rotatable bonds is 8. The van der Waals surface area contributed by atoms with E-state index < -0.39 is 0 Å². The highest BCUT2D eigenvalue weighted by atomic mass is 14.9. The molecule has 0 aromatic heterocycles. The predicted molar refractivity (Wildman–Crippen MR) is 76.3 cm³/mol. The molecule has 1 heteroatoms. The first-order chi connectivity index (χ1) is 8.27. The Morgan fingerprint density at radius 3 is 2.41 bits per heavy atom. The highest BCUT2D eigenvalue weighted by molar-refractivity contribution is 5.14. The molecule has 1 nitrogen and oxygen atoms in total. The van der Waals surface area contributed by atoms with Gasteiger partial charge in [-0.15, -0.1) is 0 Å². The highest BCUT2D eigenvalue weighted by Crippen LogP contribution is 2.16. The Labute approximate surface area is 107 Å². The number of aryl methyl sites for hydroxylation is 1. The monoisotopic (exact) mass is 233 g/mol. The normalized spacial score (nSPS) is 14.5. The van der Waals surface area contributed by atoms with E-state index in [0.29, 0.717) is 6.04 Å². The van der Waals surface area contributed by atoms with Gasteiger partial charge in [0.25, 0.3) is 0 Å². The lowest BCUT2D eigenvalue weighted by Gasteiger charge is -2.23. The molecule has 0 spiro atoms. The van der Waals surface area contributed by atoms with Crippen LogP contribution in [0.25, 0.3) is 0 Å². The van der Waals surface area contributed by atoms with Gasteiger partial charge in [0.05, 0.1) is 0 Å². The lowest BCUT2D eigenvalue weighted by atomic mass is 9.92. The number of nitrogens with one attached hydrogen (secondary N) is 1. The highest BCUT2D eigenvalue weighted by Gasteiger charge is 2.13. The molecule has 0 aliphatic rings. The largest absolute Gasteiger partial charge is 0.317 e. The van der Waals surface area contributed by atoms with Gasteiger partial charge in [-0.3, -0.25) is 0 Å². The van der Waals surface area contributed by atoms with Gasteiger partial charge < -0.3 is 5.32 Å². The van der Waals surface area contributed by atoms with Gasteiger partial charge in [-0.2, -0.15) is 0 Å². The van der Waals surface area contributed by atoms with Crippen molar-refractivity contribution in [2.75, 3.05) is 7.05 Å². The first-order valence-electron chi connectivity index (χ1n) is 6.99. The summed E-state index contributed by atoms with van der Waals surface area (Å²) in [6.45, 7) is 4.64. The molecule has 0 saturated carbocycles. The van der Waals surface area contributed by atoms with Gasteiger partial charge in [0.15, 0.2) is 0 Å². The van der Waals surface area contributed by atoms with Crippen LogP contribution in [0.5, 0.6) is 0 Å². The minimum atomic E-state index is 0.679. The summed E-state index contributed by atoms with van der Waals surface area (Å²) in [7, 11) is 2.10. The summed E-state index contributed by atoms with van der Waals surface area (Å²) in [6, 6.07) is 11.5. The fraction of sp³-hybridized carbons (Fsp3) is 0.625. The van der Waals surface area contributed by atoms with Crippen LogP contribution >= 0.6 is 0 Å². The molecule has 1 aromatic carbocycles. The van der Waals surface area contributed by atoms with E-state index in [4.69, 9.17) is 0 Å². The third-order valence-electron chi connectivity index (χ3n) is 3.63. The van der Waals surface area contributed by atoms with Crippen molar-refractivity contribution in [2.45, 2.75) is 52.0 Å². The minimum absolute atomic E-state index is 0.679. The van der Waals surface area contributed by atoms with E-state index >= 15 is 0 Å². The fourth-order valence-electron chi connectivity index (χ4n) is 2.54. The molecular weight excluding hydrogens is 206 g/mol. The van der Waals surface area contributed by atoms with Crippen LogP contribution in [0.1, 0.15) is 45.1 Å². The van der Waals surface area contributed by atoms with Gasteiger partial charge in [-0.1, -0.05) is 50.6 Å². The Hall–Kier alpha value is -0.820. The van der Waals surface area contributed by atoms with Crippen LogP contribution in [0.4, 0.5) is 0 Å². The Bertz CT molecular complexity index is 281. The lowest BCUT2D eigenvalue weighted by molar-refractivity contribution is 0.349. The van der Waals surface area contributed by atoms with Crippen LogP contribution in [0.15, 0.2) is 30.3 Å². The van der Waals surface area contributed by atoms with E-state index in [9.17, 15) is 0 Å². The van der Waals surface area contributed by atoms with E-state index in [1.165, 1.54) is 37.7 Å². The van der Waals surface area contributed by atoms with Crippen LogP contribution in [0, 0.1) is 5.92 Å². The molecule has 0 aliphatic heterocycles. The van der Waals surface area contributed by atoms with E-state index in [-0.39, 0.29) is 0 Å². The zero-order valence-corrected chi connectivity index (χ0v) is 11.6. The molecule has 1 N–H and O–H groups in total. The maximum Gasteiger partial charge on any atom is 0.00898 e. The van der Waals surface area contributed by atoms with Crippen molar-refractivity contribution in [3.63, 3.8) is 0 Å². The molecule has 1 aromatic rings. The number of hydrogen-bond acceptors (Lipinski definition) is 1. The summed E-state index contributed by atoms with van der Waals surface area (Å²) >= 11 is 0. The maximum absolute atomic E-state index is 3.47. The second-order valence-electron chi connectivity index (χ2n) is 5.04. The van der Waals surface area contributed by atoms with Crippen molar-refractivity contribution in [1.82, 2.24) is 5.32 Å². The molecule has 2 atom stereocenters. The van der Waals surface area contributed by atoms with Crippen molar-refractivity contribution < 1.29 is 0 Å². The summed E-state index contributed by atoms with van der Waals surface area (Å²) in [5, 5.41) is 3.47. The van der Waals surface area contributed by atoms with Crippen molar-refractivity contribution in [1.29, 1.82) is 0 Å². The van der Waals surface area contributed by atoms with Gasteiger partial charge in [0.2, 0.25) is 0 Å². The molecule has 0 amide bonds. The maximum atomic E-state index is 3.47. The smallest absolute Gasteiger partial charge is 0.00898 e. The molecule has 0 saturated heterocycles. The Balaban J connectivity index is 2.28. The van der Waals surface area contributed by atoms with Gasteiger partial charge >= 0.3 is 0 Å². The summed E-state index contributed by atoms with van der Waals surface area (Å²) in [5.41, 5.74) is 1.46. The van der Waals surface area contributed by atoms with Crippen molar-refractivity contribution >= 4 is 0 Å². The van der Waals surface area contributed by atoms with Gasteiger partial charge in [-0.05, 0) is 44.2 Å². The van der Waals surface area contributed by atoms with Gasteiger partial charge in [-0.25, -0.2) is 0 Å². The summed E-state index contributed by atoms with van der Waals surface area (Å²) in [4.78, 5) is 0. The van der Waals surface area contributed by atoms with Crippen LogP contribution in [0.3, 0.4) is 0 Å². The fourth-order valence-corrected chi connectivity index (χ4v) is 2.54. The van der Waals surface area contributed by atoms with Crippen molar-refractivity contribution in [3.05, 3.63) is 35.9 Å². The van der Waals surface area contributed by atoms with E-state index in [0.717, 1.165) is 5.92 Å². The predicted octanol–water partition coefficient (Wildman–Crippen LogP) is 4.03. The molecule has 0 heterocycles. The Morgan fingerprint density at radius 2 is 1.82 bits per heavy atom. The molecule has 96 valence electrons. The van der Waals surface area contributed by atoms with Crippen LogP contribution < -0.4 is 5.32 Å². The average Bonchev–Trinajstić information content (AvgIpc) is 2.36. The third kappa shape index (κ3) is 5.36. The summed E-state index contributed by atoms with van der Waals surface area (Å²) in [5.74, 6) is 0.792. The van der Waals surface area contributed by atoms with Crippen LogP contribution in [0.2, 0.25) is 0 Å². The topological polar surface area (TPSA) is 12.0 Å². The van der Waals surface area contributed by atoms with E-state index in [2.05, 4.69) is 56.5 Å². The molecule has 17 heavy (non-hydrogen) atoms. The zero-order chi connectivity index (χ0) is 12.5. The molecule has 0 radical (unpaired) electrons. The second kappa shape index (κ2) is 8.30. The van der Waals surface area contributed by atoms with Gasteiger partial charge in [0, 0.05) is 6.04 Å². The lowest BCUT2D eigenvalue weighted by Crippen LogP contribution is -2.32. The third-order valence-corrected chi connectivity index (χ3v) is 3.63. The van der Waals surface area contributed by atoms with Crippen molar-refractivity contribution in [2.24, 2.45) is 5.92 Å². The van der Waals surface area contributed by atoms with Crippen LogP contribution in [-0.4, -0.2) is 13.1 Å². The zero-order valence-electron chi connectivity index (χ0n) is 11.6. The number of benzene rings is 1. The first kappa shape index (κ1) is 14.2. The molecular formula is C16H27N. The average molecular weight is 233 g/mol. The molecule has 0 aliphatic carbocycles. The second-order valence-corrected chi connectivity index (χ2v) is 5.04.